The molecule has 5 heteroatoms. The van der Waals surface area contributed by atoms with Crippen molar-refractivity contribution < 1.29 is 9.53 Å². The normalized spacial score (nSPS) is 12.3. The average Bonchev–Trinajstić information content (AvgIpc) is 2.42. The molecule has 19 heavy (non-hydrogen) atoms. The molecule has 2 N–H and O–H groups in total. The van der Waals surface area contributed by atoms with Gasteiger partial charge in [-0.05, 0) is 24.5 Å². The highest BCUT2D eigenvalue weighted by Crippen LogP contribution is 2.08. The van der Waals surface area contributed by atoms with E-state index in [2.05, 4.69) is 29.5 Å². The minimum atomic E-state index is -0.224. The number of nitrogens with one attached hydrogen (secondary N) is 2. The van der Waals surface area contributed by atoms with Crippen LogP contribution in [0.3, 0.4) is 0 Å². The summed E-state index contributed by atoms with van der Waals surface area (Å²) in [5, 5.41) is 6.08. The van der Waals surface area contributed by atoms with E-state index in [1.165, 1.54) is 0 Å². The highest BCUT2D eigenvalue weighted by molar-refractivity contribution is 5.81. The van der Waals surface area contributed by atoms with Gasteiger partial charge in [0.15, 0.2) is 0 Å². The van der Waals surface area contributed by atoms with Gasteiger partial charge in [0.25, 0.3) is 0 Å². The fourth-order valence-corrected chi connectivity index (χ4v) is 1.49. The molecule has 1 aromatic rings. The van der Waals surface area contributed by atoms with Crippen LogP contribution in [0.4, 0.5) is 0 Å². The molecule has 1 rings (SSSR count). The first-order valence-corrected chi connectivity index (χ1v) is 6.53. The molecule has 0 spiro atoms. The second-order valence-electron chi connectivity index (χ2n) is 4.95. The second-order valence-corrected chi connectivity index (χ2v) is 4.95. The largest absolute Gasteiger partial charge is 0.481 e. The fraction of sp³-hybridized carbons (Fsp3) is 0.571. The first kappa shape index (κ1) is 15.4. The highest BCUT2D eigenvalue weighted by atomic mass is 16.5. The lowest BCUT2D eigenvalue weighted by molar-refractivity contribution is -0.122. The molecule has 5 nitrogen and oxygen atoms in total. The number of carbonyl (C=O) groups excluding carboxylic acids is 1. The maximum Gasteiger partial charge on any atom is 0.236 e. The van der Waals surface area contributed by atoms with E-state index in [1.807, 2.05) is 19.1 Å². The maximum atomic E-state index is 11.8. The molecular weight excluding hydrogens is 242 g/mol. The fourth-order valence-electron chi connectivity index (χ4n) is 1.49. The molecule has 1 amide bonds. The number of nitrogens with zero attached hydrogens (tertiary/aromatic N) is 1. The summed E-state index contributed by atoms with van der Waals surface area (Å²) >= 11 is 0. The van der Waals surface area contributed by atoms with E-state index in [9.17, 15) is 4.79 Å². The number of carbonyl (C=O) groups is 1. The van der Waals surface area contributed by atoms with Crippen LogP contribution >= 0.6 is 0 Å². The van der Waals surface area contributed by atoms with Gasteiger partial charge in [0.1, 0.15) is 0 Å². The number of pyridine rings is 1. The zero-order chi connectivity index (χ0) is 14.3. The van der Waals surface area contributed by atoms with Crippen LogP contribution in [0.15, 0.2) is 18.3 Å². The van der Waals surface area contributed by atoms with Crippen molar-refractivity contribution in [2.45, 2.75) is 33.4 Å². The van der Waals surface area contributed by atoms with Crippen molar-refractivity contribution in [3.8, 4) is 5.88 Å². The maximum absolute atomic E-state index is 11.8. The van der Waals surface area contributed by atoms with E-state index in [1.54, 1.807) is 13.3 Å². The topological polar surface area (TPSA) is 63.2 Å². The number of hydrogen-bond acceptors (Lipinski definition) is 4. The molecule has 1 atom stereocenters. The molecule has 0 saturated heterocycles. The molecule has 0 fully saturated rings. The Kier molecular flexibility index (Phi) is 6.29. The molecule has 0 aliphatic rings. The van der Waals surface area contributed by atoms with E-state index >= 15 is 0 Å². The molecular formula is C14H23N3O2. The number of rotatable bonds is 7. The average molecular weight is 265 g/mol. The summed E-state index contributed by atoms with van der Waals surface area (Å²) in [5.74, 6) is 1.06. The van der Waals surface area contributed by atoms with Gasteiger partial charge in [-0.15, -0.1) is 0 Å². The van der Waals surface area contributed by atoms with Gasteiger partial charge in [-0.1, -0.05) is 13.8 Å². The van der Waals surface area contributed by atoms with Gasteiger partial charge in [0.05, 0.1) is 13.2 Å². The predicted octanol–water partition coefficient (Wildman–Crippen LogP) is 1.34. The van der Waals surface area contributed by atoms with Crippen LogP contribution in [0.25, 0.3) is 0 Å². The lowest BCUT2D eigenvalue weighted by Gasteiger charge is -2.15. The number of ether oxygens (including phenoxy) is 1. The van der Waals surface area contributed by atoms with Gasteiger partial charge in [-0.25, -0.2) is 4.98 Å². The zero-order valence-corrected chi connectivity index (χ0v) is 12.1. The van der Waals surface area contributed by atoms with Gasteiger partial charge in [-0.3, -0.25) is 4.79 Å². The van der Waals surface area contributed by atoms with Gasteiger partial charge < -0.3 is 15.4 Å². The molecule has 1 unspecified atom stereocenters. The summed E-state index contributed by atoms with van der Waals surface area (Å²) in [5.41, 5.74) is 1.04. The summed E-state index contributed by atoms with van der Waals surface area (Å²) in [6.45, 7) is 7.31. The number of hydrogen-bond donors (Lipinski definition) is 2. The number of methoxy groups -OCH3 is 1. The number of aromatic nitrogens is 1. The third-order valence-corrected chi connectivity index (χ3v) is 2.70. The third-order valence-electron chi connectivity index (χ3n) is 2.70. The third kappa shape index (κ3) is 5.70. The van der Waals surface area contributed by atoms with Gasteiger partial charge in [-0.2, -0.15) is 0 Å². The van der Waals surface area contributed by atoms with Crippen LogP contribution in [-0.4, -0.2) is 30.6 Å². The second kappa shape index (κ2) is 7.74. The Balaban J connectivity index is 2.40. The van der Waals surface area contributed by atoms with Crippen LogP contribution in [0.2, 0.25) is 0 Å². The lowest BCUT2D eigenvalue weighted by atomic mass is 10.2. The van der Waals surface area contributed by atoms with Crippen LogP contribution in [-0.2, 0) is 11.3 Å². The predicted molar refractivity (Wildman–Crippen MR) is 74.9 cm³/mol. The Hall–Kier alpha value is -1.62. The Morgan fingerprint density at radius 3 is 2.79 bits per heavy atom. The van der Waals surface area contributed by atoms with Gasteiger partial charge in [0, 0.05) is 25.4 Å². The standard InChI is InChI=1S/C14H23N3O2/c1-10(2)8-17-14(18)11(3)16-9-12-5-6-15-13(7-12)19-4/h5-7,10-11,16H,8-9H2,1-4H3,(H,17,18). The Labute approximate surface area is 114 Å². The Bertz CT molecular complexity index is 407. The van der Waals surface area contributed by atoms with E-state index in [-0.39, 0.29) is 11.9 Å². The van der Waals surface area contributed by atoms with Crippen molar-refractivity contribution in [1.29, 1.82) is 0 Å². The van der Waals surface area contributed by atoms with E-state index in [0.29, 0.717) is 24.9 Å². The summed E-state index contributed by atoms with van der Waals surface area (Å²) < 4.78 is 5.06. The van der Waals surface area contributed by atoms with Crippen LogP contribution in [0.1, 0.15) is 26.3 Å². The summed E-state index contributed by atoms with van der Waals surface area (Å²) in [6.07, 6.45) is 1.69. The molecule has 1 heterocycles. The molecule has 0 aliphatic carbocycles. The molecule has 0 bridgehead atoms. The minimum absolute atomic E-state index is 0.0229. The first-order valence-electron chi connectivity index (χ1n) is 6.53. The first-order chi connectivity index (χ1) is 9.02. The van der Waals surface area contributed by atoms with E-state index in [0.717, 1.165) is 5.56 Å². The summed E-state index contributed by atoms with van der Waals surface area (Å²) in [4.78, 5) is 15.8. The van der Waals surface area contributed by atoms with Crippen LogP contribution < -0.4 is 15.4 Å². The van der Waals surface area contributed by atoms with E-state index in [4.69, 9.17) is 4.74 Å². The van der Waals surface area contributed by atoms with Crippen molar-refractivity contribution >= 4 is 5.91 Å². The Morgan fingerprint density at radius 2 is 2.16 bits per heavy atom. The smallest absolute Gasteiger partial charge is 0.236 e. The van der Waals surface area contributed by atoms with E-state index < -0.39 is 0 Å². The highest BCUT2D eigenvalue weighted by Gasteiger charge is 2.12. The monoisotopic (exact) mass is 265 g/mol. The molecule has 0 aromatic carbocycles. The molecule has 0 radical (unpaired) electrons. The molecule has 1 aromatic heterocycles. The van der Waals surface area contributed by atoms with Crippen molar-refractivity contribution in [1.82, 2.24) is 15.6 Å². The quantitative estimate of drug-likeness (QED) is 0.781. The number of amides is 1. The molecule has 0 aliphatic heterocycles. The van der Waals surface area contributed by atoms with Crippen molar-refractivity contribution in [2.75, 3.05) is 13.7 Å². The zero-order valence-electron chi connectivity index (χ0n) is 12.1. The Morgan fingerprint density at radius 1 is 1.42 bits per heavy atom. The lowest BCUT2D eigenvalue weighted by Crippen LogP contribution is -2.42. The minimum Gasteiger partial charge on any atom is -0.481 e. The van der Waals surface area contributed by atoms with Gasteiger partial charge >= 0.3 is 0 Å². The summed E-state index contributed by atoms with van der Waals surface area (Å²) in [7, 11) is 1.58. The van der Waals surface area contributed by atoms with Crippen molar-refractivity contribution in [3.63, 3.8) is 0 Å². The van der Waals surface area contributed by atoms with Crippen LogP contribution in [0.5, 0.6) is 5.88 Å². The molecule has 106 valence electrons. The summed E-state index contributed by atoms with van der Waals surface area (Å²) in [6, 6.07) is 3.53. The SMILES string of the molecule is COc1cc(CNC(C)C(=O)NCC(C)C)ccn1. The van der Waals surface area contributed by atoms with Crippen molar-refractivity contribution in [2.24, 2.45) is 5.92 Å². The van der Waals surface area contributed by atoms with Crippen LogP contribution in [0, 0.1) is 5.92 Å². The molecule has 0 saturated carbocycles. The van der Waals surface area contributed by atoms with Gasteiger partial charge in [0.2, 0.25) is 11.8 Å². The van der Waals surface area contributed by atoms with Crippen molar-refractivity contribution in [3.05, 3.63) is 23.9 Å².